The van der Waals surface area contributed by atoms with Crippen LogP contribution in [-0.2, 0) is 4.79 Å². The zero-order chi connectivity index (χ0) is 16.5. The molecular weight excluding hydrogens is 308 g/mol. The summed E-state index contributed by atoms with van der Waals surface area (Å²) in [7, 11) is 0. The van der Waals surface area contributed by atoms with E-state index < -0.39 is 0 Å². The molecule has 24 heavy (non-hydrogen) atoms. The summed E-state index contributed by atoms with van der Waals surface area (Å²) in [5.41, 5.74) is 2.34. The van der Waals surface area contributed by atoms with Crippen molar-refractivity contribution in [2.75, 3.05) is 25.0 Å². The maximum Gasteiger partial charge on any atom is 0.262 e. The largest absolute Gasteiger partial charge is 0.482 e. The van der Waals surface area contributed by atoms with E-state index in [4.69, 9.17) is 4.74 Å². The van der Waals surface area contributed by atoms with Gasteiger partial charge in [-0.2, -0.15) is 5.10 Å². The summed E-state index contributed by atoms with van der Waals surface area (Å²) >= 11 is 0. The number of fused-ring (bicyclic) bond motifs is 1. The summed E-state index contributed by atoms with van der Waals surface area (Å²) in [5.74, 6) is 0.801. The lowest BCUT2D eigenvalue weighted by Gasteiger charge is -2.31. The van der Waals surface area contributed by atoms with Gasteiger partial charge in [0.05, 0.1) is 5.69 Å². The van der Waals surface area contributed by atoms with Gasteiger partial charge in [0.25, 0.3) is 11.8 Å². The molecule has 124 valence electrons. The van der Waals surface area contributed by atoms with E-state index in [9.17, 15) is 9.59 Å². The molecule has 1 fully saturated rings. The van der Waals surface area contributed by atoms with Gasteiger partial charge in [0.1, 0.15) is 5.75 Å². The normalized spacial score (nSPS) is 17.8. The zero-order valence-electron chi connectivity index (χ0n) is 13.1. The molecule has 2 aromatic rings. The maximum absolute atomic E-state index is 12.7. The topological polar surface area (TPSA) is 87.3 Å². The third-order valence-corrected chi connectivity index (χ3v) is 4.61. The lowest BCUT2D eigenvalue weighted by atomic mass is 9.93. The summed E-state index contributed by atoms with van der Waals surface area (Å²) in [6.45, 7) is 1.43. The van der Waals surface area contributed by atoms with Gasteiger partial charge in [-0.3, -0.25) is 14.7 Å². The van der Waals surface area contributed by atoms with Gasteiger partial charge in [-0.05, 0) is 37.1 Å². The molecule has 0 bridgehead atoms. The van der Waals surface area contributed by atoms with Crippen molar-refractivity contribution in [3.63, 3.8) is 0 Å². The number of anilines is 1. The summed E-state index contributed by atoms with van der Waals surface area (Å²) in [6.07, 6.45) is 3.61. The van der Waals surface area contributed by atoms with E-state index in [0.29, 0.717) is 22.9 Å². The van der Waals surface area contributed by atoms with E-state index in [0.717, 1.165) is 31.6 Å². The fraction of sp³-hybridized carbons (Fsp3) is 0.353. The van der Waals surface area contributed by atoms with Gasteiger partial charge >= 0.3 is 0 Å². The number of aromatic amines is 1. The number of aromatic nitrogens is 2. The van der Waals surface area contributed by atoms with Crippen LogP contribution in [0.4, 0.5) is 5.69 Å². The first-order valence-electron chi connectivity index (χ1n) is 8.06. The van der Waals surface area contributed by atoms with Crippen molar-refractivity contribution in [1.29, 1.82) is 0 Å². The molecule has 0 aliphatic carbocycles. The molecule has 2 aliphatic heterocycles. The Morgan fingerprint density at radius 2 is 2.08 bits per heavy atom. The molecule has 1 aromatic carbocycles. The first-order valence-corrected chi connectivity index (χ1v) is 8.06. The van der Waals surface area contributed by atoms with E-state index >= 15 is 0 Å². The van der Waals surface area contributed by atoms with Crippen LogP contribution in [0.25, 0.3) is 0 Å². The number of carbonyl (C=O) groups is 2. The fourth-order valence-electron chi connectivity index (χ4n) is 3.28. The average molecular weight is 326 g/mol. The summed E-state index contributed by atoms with van der Waals surface area (Å²) in [4.78, 5) is 25.9. The molecule has 1 aromatic heterocycles. The number of nitrogens with zero attached hydrogens (tertiary/aromatic N) is 2. The highest BCUT2D eigenvalue weighted by atomic mass is 16.5. The second kappa shape index (κ2) is 5.99. The third kappa shape index (κ3) is 2.73. The molecule has 1 saturated heterocycles. The van der Waals surface area contributed by atoms with Crippen LogP contribution in [0.15, 0.2) is 30.5 Å². The quantitative estimate of drug-likeness (QED) is 0.880. The van der Waals surface area contributed by atoms with E-state index in [1.54, 1.807) is 24.4 Å². The Morgan fingerprint density at radius 3 is 2.83 bits per heavy atom. The molecule has 2 aliphatic rings. The summed E-state index contributed by atoms with van der Waals surface area (Å²) in [6, 6.07) is 7.16. The molecule has 0 unspecified atom stereocenters. The van der Waals surface area contributed by atoms with Crippen LogP contribution >= 0.6 is 0 Å². The van der Waals surface area contributed by atoms with Crippen LogP contribution in [0.2, 0.25) is 0 Å². The second-order valence-electron chi connectivity index (χ2n) is 6.13. The first kappa shape index (κ1) is 14.7. The Hall–Kier alpha value is -2.83. The molecule has 0 spiro atoms. The maximum atomic E-state index is 12.7. The molecule has 7 heteroatoms. The number of carbonyl (C=O) groups excluding carboxylic acids is 2. The van der Waals surface area contributed by atoms with Crippen LogP contribution in [0, 0.1) is 0 Å². The van der Waals surface area contributed by atoms with Crippen LogP contribution in [0.3, 0.4) is 0 Å². The van der Waals surface area contributed by atoms with Crippen LogP contribution in [-0.4, -0.2) is 46.6 Å². The van der Waals surface area contributed by atoms with Crippen molar-refractivity contribution in [1.82, 2.24) is 15.1 Å². The lowest BCUT2D eigenvalue weighted by Crippen LogP contribution is -2.38. The van der Waals surface area contributed by atoms with Gasteiger partial charge < -0.3 is 15.0 Å². The van der Waals surface area contributed by atoms with Crippen molar-refractivity contribution in [2.45, 2.75) is 18.8 Å². The number of rotatable bonds is 2. The Kier molecular flexibility index (Phi) is 3.68. The van der Waals surface area contributed by atoms with Gasteiger partial charge in [0.2, 0.25) is 0 Å². The van der Waals surface area contributed by atoms with Crippen molar-refractivity contribution < 1.29 is 14.3 Å². The lowest BCUT2D eigenvalue weighted by molar-refractivity contribution is -0.118. The van der Waals surface area contributed by atoms with E-state index in [1.165, 1.54) is 0 Å². The molecule has 0 saturated carbocycles. The molecule has 2 N–H and O–H groups in total. The standard InChI is InChI=1S/C17H18N4O3/c22-16-10-24-15-9-12(1-2-14(15)19-16)17(23)21-7-4-11(5-8-21)13-3-6-18-20-13/h1-3,6,9,11H,4-5,7-8,10H2,(H,18,20)(H,19,22). The molecule has 2 amide bonds. The second-order valence-corrected chi connectivity index (χ2v) is 6.13. The Labute approximate surface area is 139 Å². The molecular formula is C17H18N4O3. The minimum atomic E-state index is -0.178. The van der Waals surface area contributed by atoms with Gasteiger partial charge in [-0.15, -0.1) is 0 Å². The molecule has 7 nitrogen and oxygen atoms in total. The summed E-state index contributed by atoms with van der Waals surface area (Å²) < 4.78 is 5.39. The van der Waals surface area contributed by atoms with Crippen molar-refractivity contribution in [2.24, 2.45) is 0 Å². The molecule has 3 heterocycles. The SMILES string of the molecule is O=C1COc2cc(C(=O)N3CCC(c4ccn[nH]4)CC3)ccc2N1. The van der Waals surface area contributed by atoms with Gasteiger partial charge in [-0.25, -0.2) is 0 Å². The Morgan fingerprint density at radius 1 is 1.25 bits per heavy atom. The van der Waals surface area contributed by atoms with Gasteiger partial charge in [-0.1, -0.05) is 0 Å². The zero-order valence-corrected chi connectivity index (χ0v) is 13.1. The van der Waals surface area contributed by atoms with Crippen LogP contribution in [0.1, 0.15) is 34.8 Å². The summed E-state index contributed by atoms with van der Waals surface area (Å²) in [5, 5.41) is 9.74. The Bertz CT molecular complexity index is 764. The predicted octanol–water partition coefficient (Wildman–Crippen LogP) is 1.76. The van der Waals surface area contributed by atoms with Crippen LogP contribution in [0.5, 0.6) is 5.75 Å². The van der Waals surface area contributed by atoms with Gasteiger partial charge in [0, 0.05) is 36.5 Å². The number of H-pyrrole nitrogens is 1. The Balaban J connectivity index is 1.44. The minimum absolute atomic E-state index is 0.00126. The van der Waals surface area contributed by atoms with Crippen molar-refractivity contribution in [3.05, 3.63) is 41.7 Å². The predicted molar refractivity (Wildman–Crippen MR) is 87.0 cm³/mol. The number of amides is 2. The molecule has 0 atom stereocenters. The number of hydrogen-bond acceptors (Lipinski definition) is 4. The number of nitrogens with one attached hydrogen (secondary N) is 2. The highest BCUT2D eigenvalue weighted by Gasteiger charge is 2.26. The smallest absolute Gasteiger partial charge is 0.262 e. The van der Waals surface area contributed by atoms with Crippen LogP contribution < -0.4 is 10.1 Å². The number of hydrogen-bond donors (Lipinski definition) is 2. The number of benzene rings is 1. The fourth-order valence-corrected chi connectivity index (χ4v) is 3.28. The van der Waals surface area contributed by atoms with Crippen molar-refractivity contribution in [3.8, 4) is 5.75 Å². The monoisotopic (exact) mass is 326 g/mol. The number of piperidine rings is 1. The highest BCUT2D eigenvalue weighted by Crippen LogP contribution is 2.31. The molecule has 4 rings (SSSR count). The first-order chi connectivity index (χ1) is 11.7. The third-order valence-electron chi connectivity index (χ3n) is 4.61. The van der Waals surface area contributed by atoms with E-state index in [-0.39, 0.29) is 18.4 Å². The highest BCUT2D eigenvalue weighted by molar-refractivity contribution is 5.99. The van der Waals surface area contributed by atoms with E-state index in [1.807, 2.05) is 11.0 Å². The number of ether oxygens (including phenoxy) is 1. The minimum Gasteiger partial charge on any atom is -0.482 e. The van der Waals surface area contributed by atoms with Gasteiger partial charge in [0.15, 0.2) is 6.61 Å². The average Bonchev–Trinajstić information content (AvgIpc) is 3.15. The van der Waals surface area contributed by atoms with E-state index in [2.05, 4.69) is 15.5 Å². The van der Waals surface area contributed by atoms with Crippen molar-refractivity contribution >= 4 is 17.5 Å². The number of likely N-dealkylation sites (tertiary alicyclic amines) is 1. The molecule has 0 radical (unpaired) electrons.